The number of urea groups is 1. The number of amides is 3. The van der Waals surface area contributed by atoms with E-state index >= 15 is 0 Å². The maximum Gasteiger partial charge on any atom is 0.322 e. The summed E-state index contributed by atoms with van der Waals surface area (Å²) in [5.41, 5.74) is 2.24. The largest absolute Gasteiger partial charge is 0.354 e. The van der Waals surface area contributed by atoms with Gasteiger partial charge in [-0.15, -0.1) is 0 Å². The van der Waals surface area contributed by atoms with Gasteiger partial charge in [0.25, 0.3) is 5.91 Å². The lowest BCUT2D eigenvalue weighted by molar-refractivity contribution is 0.0956. The summed E-state index contributed by atoms with van der Waals surface area (Å²) in [6, 6.07) is 3.61. The van der Waals surface area contributed by atoms with Crippen LogP contribution in [0.1, 0.15) is 21.7 Å². The SMILES string of the molecule is CNC(=O)c1[nH]nc2c1CN(C(=O)Nc1ccc(F)c(Cl)c1)CC2. The molecule has 0 spiro atoms. The average Bonchev–Trinajstić information content (AvgIpc) is 3.00. The van der Waals surface area contributed by atoms with Gasteiger partial charge in [-0.2, -0.15) is 5.10 Å². The summed E-state index contributed by atoms with van der Waals surface area (Å²) in [6.45, 7) is 0.723. The highest BCUT2D eigenvalue weighted by atomic mass is 35.5. The second kappa shape index (κ2) is 6.48. The zero-order valence-corrected chi connectivity index (χ0v) is 13.6. The Morgan fingerprint density at radius 1 is 1.42 bits per heavy atom. The fourth-order valence-electron chi connectivity index (χ4n) is 2.55. The Bertz CT molecular complexity index is 807. The van der Waals surface area contributed by atoms with Gasteiger partial charge in [-0.3, -0.25) is 9.89 Å². The van der Waals surface area contributed by atoms with E-state index < -0.39 is 5.82 Å². The van der Waals surface area contributed by atoms with Gasteiger partial charge in [-0.25, -0.2) is 9.18 Å². The number of benzene rings is 1. The molecule has 2 aromatic rings. The van der Waals surface area contributed by atoms with Crippen molar-refractivity contribution in [3.8, 4) is 0 Å². The molecule has 126 valence electrons. The molecular weight excluding hydrogens is 337 g/mol. The molecule has 3 rings (SSSR count). The zero-order valence-electron chi connectivity index (χ0n) is 12.8. The Hall–Kier alpha value is -2.61. The van der Waals surface area contributed by atoms with Gasteiger partial charge in [0.2, 0.25) is 0 Å². The Balaban J connectivity index is 1.74. The fraction of sp³-hybridized carbons (Fsp3) is 0.267. The minimum atomic E-state index is -0.550. The molecule has 0 fully saturated rings. The van der Waals surface area contributed by atoms with E-state index in [1.807, 2.05) is 0 Å². The van der Waals surface area contributed by atoms with Crippen molar-refractivity contribution >= 4 is 29.2 Å². The Kier molecular flexibility index (Phi) is 4.39. The van der Waals surface area contributed by atoms with E-state index in [2.05, 4.69) is 20.8 Å². The molecule has 3 N–H and O–H groups in total. The number of rotatable bonds is 2. The number of H-pyrrole nitrogens is 1. The predicted octanol–water partition coefficient (Wildman–Crippen LogP) is 2.15. The first-order valence-corrected chi connectivity index (χ1v) is 7.66. The van der Waals surface area contributed by atoms with Crippen LogP contribution in [-0.2, 0) is 13.0 Å². The number of anilines is 1. The number of hydrogen-bond acceptors (Lipinski definition) is 3. The summed E-state index contributed by atoms with van der Waals surface area (Å²) < 4.78 is 13.2. The van der Waals surface area contributed by atoms with Gasteiger partial charge in [-0.05, 0) is 18.2 Å². The van der Waals surface area contributed by atoms with Crippen molar-refractivity contribution in [1.82, 2.24) is 20.4 Å². The van der Waals surface area contributed by atoms with Crippen molar-refractivity contribution in [3.63, 3.8) is 0 Å². The number of fused-ring (bicyclic) bond motifs is 1. The van der Waals surface area contributed by atoms with Crippen LogP contribution < -0.4 is 10.6 Å². The maximum absolute atomic E-state index is 13.2. The quantitative estimate of drug-likeness (QED) is 0.774. The molecule has 1 aromatic carbocycles. The highest BCUT2D eigenvalue weighted by molar-refractivity contribution is 6.31. The molecule has 0 bridgehead atoms. The van der Waals surface area contributed by atoms with Crippen molar-refractivity contribution in [2.45, 2.75) is 13.0 Å². The molecular formula is C15H15ClFN5O2. The monoisotopic (exact) mass is 351 g/mol. The molecule has 9 heteroatoms. The molecule has 0 aliphatic carbocycles. The number of halogens is 2. The number of carbonyl (C=O) groups is 2. The topological polar surface area (TPSA) is 90.1 Å². The molecule has 0 saturated heterocycles. The predicted molar refractivity (Wildman–Crippen MR) is 86.5 cm³/mol. The molecule has 3 amide bonds. The van der Waals surface area contributed by atoms with Gasteiger partial charge in [0, 0.05) is 31.3 Å². The lowest BCUT2D eigenvalue weighted by atomic mass is 10.1. The third-order valence-corrected chi connectivity index (χ3v) is 4.12. The van der Waals surface area contributed by atoms with E-state index in [9.17, 15) is 14.0 Å². The van der Waals surface area contributed by atoms with Crippen LogP contribution in [0.25, 0.3) is 0 Å². The van der Waals surface area contributed by atoms with Gasteiger partial charge in [0.1, 0.15) is 11.5 Å². The number of aromatic amines is 1. The van der Waals surface area contributed by atoms with E-state index in [-0.39, 0.29) is 23.5 Å². The molecule has 2 heterocycles. The number of hydrogen-bond donors (Lipinski definition) is 3. The molecule has 1 aromatic heterocycles. The van der Waals surface area contributed by atoms with Crippen molar-refractivity contribution in [1.29, 1.82) is 0 Å². The summed E-state index contributed by atoms with van der Waals surface area (Å²) in [6.07, 6.45) is 0.542. The summed E-state index contributed by atoms with van der Waals surface area (Å²) in [5, 5.41) is 12.0. The van der Waals surface area contributed by atoms with E-state index in [0.717, 1.165) is 5.69 Å². The van der Waals surface area contributed by atoms with Crippen LogP contribution in [0.5, 0.6) is 0 Å². The highest BCUT2D eigenvalue weighted by Gasteiger charge is 2.27. The molecule has 7 nitrogen and oxygen atoms in total. The second-order valence-electron chi connectivity index (χ2n) is 5.33. The normalized spacial score (nSPS) is 13.4. The van der Waals surface area contributed by atoms with Crippen molar-refractivity contribution in [3.05, 3.63) is 46.0 Å². The zero-order chi connectivity index (χ0) is 17.3. The summed E-state index contributed by atoms with van der Waals surface area (Å²) in [7, 11) is 1.53. The van der Waals surface area contributed by atoms with Crippen LogP contribution in [0.4, 0.5) is 14.9 Å². The standard InChI is InChI=1S/C15H15ClFN5O2/c1-18-14(23)13-9-7-22(5-4-12(9)20-21-13)15(24)19-8-2-3-11(17)10(16)6-8/h2-3,6H,4-5,7H2,1H3,(H,18,23)(H,19,24)(H,20,21). The van der Waals surface area contributed by atoms with Gasteiger partial charge < -0.3 is 15.5 Å². The van der Waals surface area contributed by atoms with Crippen LogP contribution in [0.15, 0.2) is 18.2 Å². The number of nitrogens with one attached hydrogen (secondary N) is 3. The van der Waals surface area contributed by atoms with Crippen molar-refractivity contribution in [2.24, 2.45) is 0 Å². The summed E-state index contributed by atoms with van der Waals surface area (Å²) in [5.74, 6) is -0.831. The smallest absolute Gasteiger partial charge is 0.322 e. The van der Waals surface area contributed by atoms with Crippen LogP contribution >= 0.6 is 11.6 Å². The second-order valence-corrected chi connectivity index (χ2v) is 5.74. The molecule has 0 radical (unpaired) electrons. The van der Waals surface area contributed by atoms with Crippen LogP contribution in [0, 0.1) is 5.82 Å². The van der Waals surface area contributed by atoms with Crippen molar-refractivity contribution in [2.75, 3.05) is 18.9 Å². The molecule has 1 aliphatic rings. The van der Waals surface area contributed by atoms with Gasteiger partial charge in [0.05, 0.1) is 17.3 Å². The van der Waals surface area contributed by atoms with Gasteiger partial charge in [-0.1, -0.05) is 11.6 Å². The summed E-state index contributed by atoms with van der Waals surface area (Å²) >= 11 is 5.71. The van der Waals surface area contributed by atoms with E-state index in [0.29, 0.717) is 29.9 Å². The molecule has 1 aliphatic heterocycles. The first-order chi connectivity index (χ1) is 11.5. The molecule has 0 atom stereocenters. The maximum atomic E-state index is 13.2. The summed E-state index contributed by atoms with van der Waals surface area (Å²) in [4.78, 5) is 25.8. The molecule has 0 unspecified atom stereocenters. The van der Waals surface area contributed by atoms with Gasteiger partial charge >= 0.3 is 6.03 Å². The number of nitrogens with zero attached hydrogens (tertiary/aromatic N) is 2. The number of carbonyl (C=O) groups excluding carboxylic acids is 2. The van der Waals surface area contributed by atoms with E-state index in [1.54, 1.807) is 4.90 Å². The lowest BCUT2D eigenvalue weighted by Gasteiger charge is -2.27. The van der Waals surface area contributed by atoms with Gasteiger partial charge in [0.15, 0.2) is 0 Å². The first-order valence-electron chi connectivity index (χ1n) is 7.28. The minimum Gasteiger partial charge on any atom is -0.354 e. The lowest BCUT2D eigenvalue weighted by Crippen LogP contribution is -2.39. The molecule has 24 heavy (non-hydrogen) atoms. The van der Waals surface area contributed by atoms with E-state index in [1.165, 1.54) is 25.2 Å². The Morgan fingerprint density at radius 3 is 2.92 bits per heavy atom. The van der Waals surface area contributed by atoms with Crippen LogP contribution in [0.2, 0.25) is 5.02 Å². The minimum absolute atomic E-state index is 0.0644. The van der Waals surface area contributed by atoms with Crippen molar-refractivity contribution < 1.29 is 14.0 Å². The first kappa shape index (κ1) is 16.3. The average molecular weight is 352 g/mol. The van der Waals surface area contributed by atoms with Crippen LogP contribution in [-0.4, -0.2) is 40.6 Å². The molecule has 0 saturated carbocycles. The third-order valence-electron chi connectivity index (χ3n) is 3.83. The highest BCUT2D eigenvalue weighted by Crippen LogP contribution is 2.23. The Labute approximate surface area is 142 Å². The van der Waals surface area contributed by atoms with Crippen LogP contribution in [0.3, 0.4) is 0 Å². The van der Waals surface area contributed by atoms with E-state index in [4.69, 9.17) is 11.6 Å². The number of aromatic nitrogens is 2. The Morgan fingerprint density at radius 2 is 2.21 bits per heavy atom. The fourth-order valence-corrected chi connectivity index (χ4v) is 2.73. The third kappa shape index (κ3) is 3.05.